The lowest BCUT2D eigenvalue weighted by molar-refractivity contribution is 0.295. The first kappa shape index (κ1) is 34.3. The molecule has 8 aromatic rings. The topological polar surface area (TPSA) is 55.8 Å². The molecule has 57 heavy (non-hydrogen) atoms. The molecule has 0 fully saturated rings. The number of aryl methyl sites for hydroxylation is 2. The van der Waals surface area contributed by atoms with Gasteiger partial charge in [-0.15, -0.1) is 0 Å². The summed E-state index contributed by atoms with van der Waals surface area (Å²) in [5.74, 6) is 0.908. The van der Waals surface area contributed by atoms with Crippen LogP contribution in [0.2, 0.25) is 0 Å². The number of hydrogen-bond donors (Lipinski definition) is 1. The standard InChI is InChI=1S/C52H41O4P/c53-57(54)55-51-47(37-23-17-35(18-24-37)41-27-21-33-9-1-3-11-39(33)29-41)31-43-13-5-7-15-45(43)49(51)50-46-16-8-6-14-44(46)32-48(52(50)56-57)38-25-19-36(20-26-38)42-28-22-34-10-2-4-12-40(34)30-42/h1-4,9-12,17-32H,5-8,13-16H2,(H,53,54). The third kappa shape index (κ3) is 6.07. The fraction of sp³-hybridized carbons (Fsp3) is 0.154. The summed E-state index contributed by atoms with van der Waals surface area (Å²) in [5.41, 5.74) is 15.0. The van der Waals surface area contributed by atoms with Gasteiger partial charge in [-0.2, -0.15) is 0 Å². The Morgan fingerprint density at radius 1 is 0.404 bits per heavy atom. The van der Waals surface area contributed by atoms with Crippen molar-refractivity contribution in [2.75, 3.05) is 0 Å². The van der Waals surface area contributed by atoms with Crippen molar-refractivity contribution in [1.29, 1.82) is 0 Å². The first-order valence-corrected chi connectivity index (χ1v) is 21.7. The van der Waals surface area contributed by atoms with Crippen LogP contribution in [-0.4, -0.2) is 4.89 Å². The van der Waals surface area contributed by atoms with E-state index in [1.54, 1.807) is 0 Å². The van der Waals surface area contributed by atoms with Crippen molar-refractivity contribution in [2.24, 2.45) is 0 Å². The Kier molecular flexibility index (Phi) is 8.21. The molecule has 278 valence electrons. The van der Waals surface area contributed by atoms with Crippen LogP contribution in [0.5, 0.6) is 11.5 Å². The molecule has 0 aromatic heterocycles. The minimum Gasteiger partial charge on any atom is -0.394 e. The maximum atomic E-state index is 14.3. The summed E-state index contributed by atoms with van der Waals surface area (Å²) < 4.78 is 26.9. The number of hydrogen-bond acceptors (Lipinski definition) is 3. The number of phosphoric ester groups is 1. The van der Waals surface area contributed by atoms with Gasteiger partial charge in [0.1, 0.15) is 11.5 Å². The zero-order valence-electron chi connectivity index (χ0n) is 31.6. The quantitative estimate of drug-likeness (QED) is 0.182. The third-order valence-corrected chi connectivity index (χ3v) is 13.3. The van der Waals surface area contributed by atoms with Crippen LogP contribution >= 0.6 is 7.82 Å². The molecule has 1 aliphatic heterocycles. The van der Waals surface area contributed by atoms with E-state index in [9.17, 15) is 9.46 Å². The molecule has 0 radical (unpaired) electrons. The molecule has 2 aliphatic carbocycles. The van der Waals surface area contributed by atoms with Crippen molar-refractivity contribution >= 4 is 29.4 Å². The van der Waals surface area contributed by atoms with Crippen LogP contribution in [-0.2, 0) is 30.2 Å². The highest BCUT2D eigenvalue weighted by Gasteiger charge is 2.40. The van der Waals surface area contributed by atoms with Gasteiger partial charge in [0.15, 0.2) is 0 Å². The Balaban J connectivity index is 1.08. The Hall–Kier alpha value is -5.93. The van der Waals surface area contributed by atoms with Gasteiger partial charge in [-0.05, 0) is 153 Å². The number of benzene rings is 8. The second-order valence-electron chi connectivity index (χ2n) is 15.9. The normalized spacial score (nSPS) is 15.4. The molecule has 3 aliphatic rings. The van der Waals surface area contributed by atoms with Crippen molar-refractivity contribution in [2.45, 2.75) is 51.4 Å². The van der Waals surface area contributed by atoms with Gasteiger partial charge >= 0.3 is 7.82 Å². The maximum absolute atomic E-state index is 14.3. The molecular weight excluding hydrogens is 720 g/mol. The lowest BCUT2D eigenvalue weighted by atomic mass is 9.77. The average Bonchev–Trinajstić information content (AvgIpc) is 3.39. The van der Waals surface area contributed by atoms with Crippen molar-refractivity contribution in [1.82, 2.24) is 0 Å². The van der Waals surface area contributed by atoms with Crippen LogP contribution in [0.4, 0.5) is 0 Å². The Morgan fingerprint density at radius 2 is 0.772 bits per heavy atom. The first-order chi connectivity index (χ1) is 28.0. The van der Waals surface area contributed by atoms with E-state index in [1.807, 2.05) is 0 Å². The smallest absolute Gasteiger partial charge is 0.394 e. The van der Waals surface area contributed by atoms with Crippen LogP contribution in [0.3, 0.4) is 0 Å². The molecule has 4 nitrogen and oxygen atoms in total. The predicted molar refractivity (Wildman–Crippen MR) is 233 cm³/mol. The highest BCUT2D eigenvalue weighted by atomic mass is 31.2. The van der Waals surface area contributed by atoms with Crippen LogP contribution < -0.4 is 9.05 Å². The van der Waals surface area contributed by atoms with E-state index in [4.69, 9.17) is 9.05 Å². The zero-order chi connectivity index (χ0) is 38.1. The van der Waals surface area contributed by atoms with Crippen LogP contribution in [0.1, 0.15) is 47.9 Å². The minimum atomic E-state index is -4.62. The molecule has 1 N–H and O–H groups in total. The van der Waals surface area contributed by atoms with E-state index in [2.05, 4.69) is 146 Å². The maximum Gasteiger partial charge on any atom is 0.584 e. The molecule has 0 saturated carbocycles. The molecule has 11 rings (SSSR count). The van der Waals surface area contributed by atoms with Crippen molar-refractivity contribution in [3.63, 3.8) is 0 Å². The molecular formula is C52H41O4P. The SMILES string of the molecule is O=P1(O)Oc2c(-c3ccc(-c4ccc5ccccc5c4)cc3)cc3c(c2-c2c4c(cc(-c5ccc(-c6ccc7ccccc7c6)cc5)c2O1)CCCC4)CCCC3. The molecule has 0 bridgehead atoms. The molecule has 1 heterocycles. The molecule has 0 atom stereocenters. The summed E-state index contributed by atoms with van der Waals surface area (Å²) in [6, 6.07) is 51.4. The molecule has 0 amide bonds. The van der Waals surface area contributed by atoms with Crippen LogP contribution in [0.25, 0.3) is 77.2 Å². The van der Waals surface area contributed by atoms with E-state index in [1.165, 1.54) is 43.8 Å². The van der Waals surface area contributed by atoms with Gasteiger partial charge in [0.25, 0.3) is 0 Å². The minimum absolute atomic E-state index is 0.454. The third-order valence-electron chi connectivity index (χ3n) is 12.4. The van der Waals surface area contributed by atoms with Gasteiger partial charge < -0.3 is 9.05 Å². The first-order valence-electron chi connectivity index (χ1n) is 20.2. The predicted octanol–water partition coefficient (Wildman–Crippen LogP) is 14.0. The van der Waals surface area contributed by atoms with Gasteiger partial charge in [-0.3, -0.25) is 4.89 Å². The lowest BCUT2D eigenvalue weighted by Gasteiger charge is -2.28. The summed E-state index contributed by atoms with van der Waals surface area (Å²) in [7, 11) is -4.62. The number of rotatable bonds is 4. The second kappa shape index (κ2) is 13.6. The van der Waals surface area contributed by atoms with Gasteiger partial charge in [-0.25, -0.2) is 4.57 Å². The molecule has 8 aromatic carbocycles. The van der Waals surface area contributed by atoms with Gasteiger partial charge in [0, 0.05) is 22.3 Å². The Bertz CT molecular complexity index is 2750. The van der Waals surface area contributed by atoms with Crippen molar-refractivity contribution in [3.05, 3.63) is 168 Å². The van der Waals surface area contributed by atoms with Crippen molar-refractivity contribution in [3.8, 4) is 67.1 Å². The highest BCUT2D eigenvalue weighted by Crippen LogP contribution is 2.61. The molecule has 5 heteroatoms. The number of fused-ring (bicyclic) bond motifs is 9. The average molecular weight is 761 g/mol. The summed E-state index contributed by atoms with van der Waals surface area (Å²) >= 11 is 0. The Morgan fingerprint density at radius 3 is 1.21 bits per heavy atom. The number of phosphoric acid groups is 1. The summed E-state index contributed by atoms with van der Waals surface area (Å²) in [4.78, 5) is 11.7. The van der Waals surface area contributed by atoms with Crippen LogP contribution in [0.15, 0.2) is 146 Å². The van der Waals surface area contributed by atoms with E-state index in [0.29, 0.717) is 11.5 Å². The summed E-state index contributed by atoms with van der Waals surface area (Å²) in [6.07, 6.45) is 8.02. The monoisotopic (exact) mass is 760 g/mol. The van der Waals surface area contributed by atoms with Crippen molar-refractivity contribution < 1.29 is 18.5 Å². The fourth-order valence-electron chi connectivity index (χ4n) is 9.59. The van der Waals surface area contributed by atoms with Gasteiger partial charge in [0.05, 0.1) is 0 Å². The van der Waals surface area contributed by atoms with E-state index >= 15 is 0 Å². The van der Waals surface area contributed by atoms with E-state index in [0.717, 1.165) is 107 Å². The van der Waals surface area contributed by atoms with E-state index in [-0.39, 0.29) is 0 Å². The second-order valence-corrected chi connectivity index (χ2v) is 17.2. The zero-order valence-corrected chi connectivity index (χ0v) is 32.5. The lowest BCUT2D eigenvalue weighted by Crippen LogP contribution is -2.10. The van der Waals surface area contributed by atoms with E-state index < -0.39 is 7.82 Å². The Labute approximate surface area is 333 Å². The summed E-state index contributed by atoms with van der Waals surface area (Å²) in [6.45, 7) is 0. The van der Waals surface area contributed by atoms with Crippen LogP contribution in [0, 0.1) is 0 Å². The molecule has 0 spiro atoms. The van der Waals surface area contributed by atoms with Gasteiger partial charge in [-0.1, -0.05) is 121 Å². The van der Waals surface area contributed by atoms with Gasteiger partial charge in [0.2, 0.25) is 0 Å². The molecule has 0 unspecified atom stereocenters. The largest absolute Gasteiger partial charge is 0.584 e. The highest BCUT2D eigenvalue weighted by molar-refractivity contribution is 7.48. The summed E-state index contributed by atoms with van der Waals surface area (Å²) in [5, 5.41) is 4.83. The molecule has 0 saturated heterocycles. The fourth-order valence-corrected chi connectivity index (χ4v) is 10.5.